The number of hydrogen-bond acceptors (Lipinski definition) is 6. The van der Waals surface area contributed by atoms with Crippen LogP contribution in [0, 0.1) is 11.6 Å². The van der Waals surface area contributed by atoms with Crippen LogP contribution < -0.4 is 5.32 Å². The summed E-state index contributed by atoms with van der Waals surface area (Å²) in [7, 11) is 0. The summed E-state index contributed by atoms with van der Waals surface area (Å²) in [5.74, 6) is -3.34. The van der Waals surface area contributed by atoms with E-state index >= 15 is 0 Å². The summed E-state index contributed by atoms with van der Waals surface area (Å²) in [4.78, 5) is 38.5. The Hall–Kier alpha value is -2.68. The number of carbonyl (C=O) groups is 3. The number of ether oxygens (including phenoxy) is 1. The van der Waals surface area contributed by atoms with Gasteiger partial charge in [0.05, 0.1) is 12.1 Å². The van der Waals surface area contributed by atoms with E-state index in [9.17, 15) is 23.2 Å². The Bertz CT molecular complexity index is 838. The lowest BCUT2D eigenvalue weighted by Crippen LogP contribution is -2.30. The van der Waals surface area contributed by atoms with E-state index < -0.39 is 29.6 Å². The first-order valence-corrected chi connectivity index (χ1v) is 8.55. The van der Waals surface area contributed by atoms with Crippen molar-refractivity contribution in [3.63, 3.8) is 0 Å². The smallest absolute Gasteiger partial charge is 0.307 e. The third-order valence-electron chi connectivity index (χ3n) is 3.31. The number of nitrogens with one attached hydrogen (secondary N) is 1. The molecule has 0 saturated heterocycles. The van der Waals surface area contributed by atoms with Crippen molar-refractivity contribution in [2.75, 3.05) is 5.32 Å². The predicted octanol–water partition coefficient (Wildman–Crippen LogP) is 3.33. The maximum atomic E-state index is 13.3. The summed E-state index contributed by atoms with van der Waals surface area (Å²) in [5.41, 5.74) is 0.736. The molecule has 0 aliphatic carbocycles. The molecule has 0 aliphatic heterocycles. The topological polar surface area (TPSA) is 85.4 Å². The maximum absolute atomic E-state index is 13.3. The SMILES string of the molecule is CC(=O)CCC(=O)O[C@@H](C)C(=O)Nc1nc(-c2ccc(F)c(F)c2)cs1. The van der Waals surface area contributed by atoms with Gasteiger partial charge in [0.15, 0.2) is 22.9 Å². The van der Waals surface area contributed by atoms with E-state index in [1.165, 1.54) is 19.9 Å². The van der Waals surface area contributed by atoms with Gasteiger partial charge >= 0.3 is 5.97 Å². The number of thiazole rings is 1. The van der Waals surface area contributed by atoms with Crippen LogP contribution in [0.1, 0.15) is 26.7 Å². The van der Waals surface area contributed by atoms with Gasteiger partial charge in [-0.3, -0.25) is 14.9 Å². The summed E-state index contributed by atoms with van der Waals surface area (Å²) in [6, 6.07) is 3.37. The van der Waals surface area contributed by atoms with E-state index in [1.807, 2.05) is 0 Å². The summed E-state index contributed by atoms with van der Waals surface area (Å²) in [6.45, 7) is 2.75. The third kappa shape index (κ3) is 5.41. The average molecular weight is 382 g/mol. The van der Waals surface area contributed by atoms with Crippen LogP contribution in [0.3, 0.4) is 0 Å². The average Bonchev–Trinajstić information content (AvgIpc) is 3.03. The Morgan fingerprint density at radius 3 is 2.62 bits per heavy atom. The van der Waals surface area contributed by atoms with Gasteiger partial charge in [-0.2, -0.15) is 0 Å². The first kappa shape index (κ1) is 19.6. The van der Waals surface area contributed by atoms with Gasteiger partial charge in [0.2, 0.25) is 0 Å². The molecule has 0 radical (unpaired) electrons. The van der Waals surface area contributed by atoms with Crippen LogP contribution >= 0.6 is 11.3 Å². The molecular formula is C17H16F2N2O4S. The van der Waals surface area contributed by atoms with Crippen molar-refractivity contribution in [2.24, 2.45) is 0 Å². The van der Waals surface area contributed by atoms with Gasteiger partial charge in [0.1, 0.15) is 5.78 Å². The van der Waals surface area contributed by atoms with Crippen LogP contribution in [0.4, 0.5) is 13.9 Å². The number of carbonyl (C=O) groups excluding carboxylic acids is 3. The van der Waals surface area contributed by atoms with Crippen LogP contribution in [-0.2, 0) is 19.1 Å². The molecule has 1 aromatic carbocycles. The Labute approximate surface area is 152 Å². The second kappa shape index (κ2) is 8.61. The molecule has 1 atom stereocenters. The first-order valence-electron chi connectivity index (χ1n) is 7.67. The zero-order valence-corrected chi connectivity index (χ0v) is 14.9. The van der Waals surface area contributed by atoms with Gasteiger partial charge in [-0.1, -0.05) is 0 Å². The van der Waals surface area contributed by atoms with E-state index in [-0.39, 0.29) is 23.8 Å². The van der Waals surface area contributed by atoms with Gasteiger partial charge in [0.25, 0.3) is 5.91 Å². The van der Waals surface area contributed by atoms with Gasteiger partial charge in [-0.25, -0.2) is 13.8 Å². The summed E-state index contributed by atoms with van der Waals surface area (Å²) in [5, 5.41) is 4.28. The number of nitrogens with zero attached hydrogens (tertiary/aromatic N) is 1. The maximum Gasteiger partial charge on any atom is 0.307 e. The van der Waals surface area contributed by atoms with Crippen molar-refractivity contribution in [3.8, 4) is 11.3 Å². The Morgan fingerprint density at radius 1 is 1.23 bits per heavy atom. The van der Waals surface area contributed by atoms with Crippen molar-refractivity contribution in [1.29, 1.82) is 0 Å². The predicted molar refractivity (Wildman–Crippen MR) is 91.6 cm³/mol. The Kier molecular flexibility index (Phi) is 6.51. The quantitative estimate of drug-likeness (QED) is 0.743. The van der Waals surface area contributed by atoms with Crippen LogP contribution in [0.25, 0.3) is 11.3 Å². The molecule has 0 spiro atoms. The summed E-state index contributed by atoms with van der Waals surface area (Å²) in [6.07, 6.45) is -1.10. The zero-order chi connectivity index (χ0) is 19.3. The molecular weight excluding hydrogens is 366 g/mol. The zero-order valence-electron chi connectivity index (χ0n) is 14.0. The highest BCUT2D eigenvalue weighted by atomic mass is 32.1. The summed E-state index contributed by atoms with van der Waals surface area (Å²) >= 11 is 1.09. The van der Waals surface area contributed by atoms with Gasteiger partial charge in [0, 0.05) is 17.4 Å². The number of benzene rings is 1. The number of rotatable bonds is 7. The molecule has 2 aromatic rings. The molecule has 1 aromatic heterocycles. The molecule has 0 fully saturated rings. The summed E-state index contributed by atoms with van der Waals surface area (Å²) < 4.78 is 31.2. The highest BCUT2D eigenvalue weighted by Crippen LogP contribution is 2.26. The molecule has 2 rings (SSSR count). The van der Waals surface area contributed by atoms with E-state index in [2.05, 4.69) is 10.3 Å². The van der Waals surface area contributed by atoms with Crippen molar-refractivity contribution in [2.45, 2.75) is 32.8 Å². The van der Waals surface area contributed by atoms with Crippen LogP contribution in [-0.4, -0.2) is 28.7 Å². The largest absolute Gasteiger partial charge is 0.453 e. The number of ketones is 1. The molecule has 1 heterocycles. The Balaban J connectivity index is 1.95. The number of amides is 1. The highest BCUT2D eigenvalue weighted by molar-refractivity contribution is 7.14. The van der Waals surface area contributed by atoms with Gasteiger partial charge in [-0.05, 0) is 32.0 Å². The number of anilines is 1. The fourth-order valence-electron chi connectivity index (χ4n) is 1.91. The molecule has 26 heavy (non-hydrogen) atoms. The minimum atomic E-state index is -1.06. The van der Waals surface area contributed by atoms with Crippen LogP contribution in [0.5, 0.6) is 0 Å². The van der Waals surface area contributed by atoms with Crippen molar-refractivity contribution >= 4 is 34.1 Å². The van der Waals surface area contributed by atoms with Gasteiger partial charge in [-0.15, -0.1) is 11.3 Å². The highest BCUT2D eigenvalue weighted by Gasteiger charge is 2.19. The second-order valence-electron chi connectivity index (χ2n) is 5.49. The number of halogens is 2. The second-order valence-corrected chi connectivity index (χ2v) is 6.35. The van der Waals surface area contributed by atoms with Crippen molar-refractivity contribution in [3.05, 3.63) is 35.2 Å². The van der Waals surface area contributed by atoms with Crippen molar-refractivity contribution < 1.29 is 27.9 Å². The first-order chi connectivity index (χ1) is 12.3. The lowest BCUT2D eigenvalue weighted by atomic mass is 10.2. The third-order valence-corrected chi connectivity index (χ3v) is 4.07. The molecule has 138 valence electrons. The van der Waals surface area contributed by atoms with Crippen molar-refractivity contribution in [1.82, 2.24) is 4.98 Å². The monoisotopic (exact) mass is 382 g/mol. The normalized spacial score (nSPS) is 11.7. The fraction of sp³-hybridized carbons (Fsp3) is 0.294. The lowest BCUT2D eigenvalue weighted by molar-refractivity contribution is -0.153. The fourth-order valence-corrected chi connectivity index (χ4v) is 2.64. The number of Topliss-reactive ketones (excluding diaryl/α,β-unsaturated/α-hetero) is 1. The van der Waals surface area contributed by atoms with Crippen LogP contribution in [0.2, 0.25) is 0 Å². The molecule has 6 nitrogen and oxygen atoms in total. The lowest BCUT2D eigenvalue weighted by Gasteiger charge is -2.11. The molecule has 9 heteroatoms. The van der Waals surface area contributed by atoms with E-state index in [0.717, 1.165) is 23.5 Å². The standard InChI is InChI=1S/C17H16F2N2O4S/c1-9(22)3-6-15(23)25-10(2)16(24)21-17-20-14(8-26-17)11-4-5-12(18)13(19)7-11/h4-5,7-8,10H,3,6H2,1-2H3,(H,20,21,24)/t10-/m0/s1. The molecule has 0 bridgehead atoms. The van der Waals surface area contributed by atoms with E-state index in [1.54, 1.807) is 5.38 Å². The van der Waals surface area contributed by atoms with E-state index in [0.29, 0.717) is 11.3 Å². The minimum absolute atomic E-state index is 0.0528. The Morgan fingerprint density at radius 2 is 1.96 bits per heavy atom. The molecule has 0 saturated carbocycles. The molecule has 0 unspecified atom stereocenters. The molecule has 0 aliphatic rings. The van der Waals surface area contributed by atoms with E-state index in [4.69, 9.17) is 4.74 Å². The molecule has 1 amide bonds. The molecule has 1 N–H and O–H groups in total. The number of esters is 1. The number of aromatic nitrogens is 1. The number of hydrogen-bond donors (Lipinski definition) is 1. The van der Waals surface area contributed by atoms with Crippen LogP contribution in [0.15, 0.2) is 23.6 Å². The van der Waals surface area contributed by atoms with Gasteiger partial charge < -0.3 is 9.53 Å². The minimum Gasteiger partial charge on any atom is -0.453 e.